The molecule has 0 bridgehead atoms. The molecule has 4 aromatic rings. The summed E-state index contributed by atoms with van der Waals surface area (Å²) < 4.78 is 48.1. The van der Waals surface area contributed by atoms with Crippen LogP contribution in [0.15, 0.2) is 141 Å². The third kappa shape index (κ3) is 5.03. The Morgan fingerprint density at radius 2 is 0.467 bits per heavy atom. The van der Waals surface area contributed by atoms with Gasteiger partial charge in [0.15, 0.2) is 0 Å². The molecule has 0 aliphatic heterocycles. The molecule has 0 saturated heterocycles. The van der Waals surface area contributed by atoms with Gasteiger partial charge in [0.25, 0.3) is 0 Å². The number of hydrogen-bond acceptors (Lipinski definition) is 4. The third-order valence-corrected chi connectivity index (χ3v) is 7.79. The Labute approximate surface area is 177 Å². The summed E-state index contributed by atoms with van der Waals surface area (Å²) in [6, 6.07) is 33.7. The fraction of sp³-hybridized carbons (Fsp3) is 0. The molecule has 4 aromatic carbocycles. The Kier molecular flexibility index (Phi) is 6.82. The molecule has 0 atom stereocenters. The van der Waals surface area contributed by atoms with Crippen LogP contribution in [0.25, 0.3) is 0 Å². The molecule has 0 heterocycles. The predicted octanol–water partition coefficient (Wildman–Crippen LogP) is 5.04. The molecule has 6 heteroatoms. The number of sulfone groups is 2. The summed E-state index contributed by atoms with van der Waals surface area (Å²) in [5, 5.41) is 0. The van der Waals surface area contributed by atoms with E-state index in [1.54, 1.807) is 121 Å². The average molecular weight is 437 g/mol. The summed E-state index contributed by atoms with van der Waals surface area (Å²) in [7, 11) is -6.68. The van der Waals surface area contributed by atoms with Crippen LogP contribution >= 0.6 is 0 Å². The van der Waals surface area contributed by atoms with Gasteiger partial charge in [-0.05, 0) is 48.5 Å². The van der Waals surface area contributed by atoms with Gasteiger partial charge in [-0.1, -0.05) is 72.8 Å². The quantitative estimate of drug-likeness (QED) is 0.449. The zero-order valence-corrected chi connectivity index (χ0v) is 17.6. The molecule has 4 nitrogen and oxygen atoms in total. The highest BCUT2D eigenvalue weighted by molar-refractivity contribution is 7.91. The lowest BCUT2D eigenvalue weighted by Gasteiger charge is -2.03. The topological polar surface area (TPSA) is 68.3 Å². The Balaban J connectivity index is 0.000000171. The maximum Gasteiger partial charge on any atom is 0.206 e. The van der Waals surface area contributed by atoms with E-state index in [0.717, 1.165) is 0 Å². The molecule has 0 radical (unpaired) electrons. The van der Waals surface area contributed by atoms with Gasteiger partial charge in [0.05, 0.1) is 19.6 Å². The lowest BCUT2D eigenvalue weighted by Crippen LogP contribution is -2.00. The smallest absolute Gasteiger partial charge is 0.206 e. The summed E-state index contributed by atoms with van der Waals surface area (Å²) in [4.78, 5) is 1.32. The fourth-order valence-corrected chi connectivity index (χ4v) is 5.28. The molecule has 0 N–H and O–H groups in total. The maximum atomic E-state index is 12.0. The van der Waals surface area contributed by atoms with E-state index in [2.05, 4.69) is 0 Å². The largest absolute Gasteiger partial charge is 0.219 e. The molecule has 0 saturated carbocycles. The standard InChI is InChI=1S/2C12H10O2S/c2*13-15(14,11-7-3-1-4-8-11)12-9-5-2-6-10-12/h2*1-10H. The van der Waals surface area contributed by atoms with Gasteiger partial charge in [0.2, 0.25) is 19.7 Å². The molecule has 0 aliphatic rings. The first-order valence-corrected chi connectivity index (χ1v) is 12.1. The zero-order chi connectivity index (χ0) is 21.5. The Morgan fingerprint density at radius 3 is 0.633 bits per heavy atom. The molecule has 0 aromatic heterocycles. The van der Waals surface area contributed by atoms with Crippen molar-refractivity contribution in [3.8, 4) is 0 Å². The monoisotopic (exact) mass is 436 g/mol. The van der Waals surface area contributed by atoms with Gasteiger partial charge >= 0.3 is 0 Å². The molecule has 0 fully saturated rings. The molecule has 0 amide bonds. The van der Waals surface area contributed by atoms with Crippen LogP contribution in [0.4, 0.5) is 0 Å². The van der Waals surface area contributed by atoms with Crippen molar-refractivity contribution in [1.29, 1.82) is 0 Å². The van der Waals surface area contributed by atoms with Crippen molar-refractivity contribution in [2.75, 3.05) is 0 Å². The minimum atomic E-state index is -3.34. The lowest BCUT2D eigenvalue weighted by atomic mass is 10.4. The van der Waals surface area contributed by atoms with Crippen LogP contribution in [0.5, 0.6) is 0 Å². The van der Waals surface area contributed by atoms with Crippen molar-refractivity contribution >= 4 is 19.7 Å². The molecular formula is C24H20O4S2. The van der Waals surface area contributed by atoms with Crippen LogP contribution in [0.2, 0.25) is 0 Å². The minimum absolute atomic E-state index is 0.330. The highest BCUT2D eigenvalue weighted by atomic mass is 32.2. The molecule has 152 valence electrons. The van der Waals surface area contributed by atoms with Crippen LogP contribution in [0.3, 0.4) is 0 Å². The number of hydrogen-bond donors (Lipinski definition) is 0. The van der Waals surface area contributed by atoms with Crippen molar-refractivity contribution in [1.82, 2.24) is 0 Å². The second kappa shape index (κ2) is 9.52. The second-order valence-corrected chi connectivity index (χ2v) is 10.2. The summed E-state index contributed by atoms with van der Waals surface area (Å²) in [6.45, 7) is 0. The maximum absolute atomic E-state index is 12.0. The van der Waals surface area contributed by atoms with E-state index < -0.39 is 19.7 Å². The highest BCUT2D eigenvalue weighted by Gasteiger charge is 2.16. The van der Waals surface area contributed by atoms with Gasteiger partial charge in [0.1, 0.15) is 0 Å². The lowest BCUT2D eigenvalue weighted by molar-refractivity contribution is 0.594. The summed E-state index contributed by atoms with van der Waals surface area (Å²) in [5.74, 6) is 0. The van der Waals surface area contributed by atoms with Gasteiger partial charge in [-0.3, -0.25) is 0 Å². The van der Waals surface area contributed by atoms with Crippen molar-refractivity contribution in [2.24, 2.45) is 0 Å². The normalized spacial score (nSPS) is 11.2. The van der Waals surface area contributed by atoms with E-state index in [-0.39, 0.29) is 0 Å². The Morgan fingerprint density at radius 1 is 0.300 bits per heavy atom. The van der Waals surface area contributed by atoms with Crippen molar-refractivity contribution in [2.45, 2.75) is 19.6 Å². The summed E-state index contributed by atoms with van der Waals surface area (Å²) in [6.07, 6.45) is 0. The molecule has 0 aliphatic carbocycles. The van der Waals surface area contributed by atoms with E-state index in [1.807, 2.05) is 0 Å². The first kappa shape index (κ1) is 21.5. The molecule has 0 spiro atoms. The highest BCUT2D eigenvalue weighted by Crippen LogP contribution is 2.20. The van der Waals surface area contributed by atoms with E-state index in [9.17, 15) is 16.8 Å². The van der Waals surface area contributed by atoms with Gasteiger partial charge in [-0.15, -0.1) is 0 Å². The summed E-state index contributed by atoms with van der Waals surface area (Å²) in [5.41, 5.74) is 0. The van der Waals surface area contributed by atoms with Gasteiger partial charge < -0.3 is 0 Å². The van der Waals surface area contributed by atoms with Crippen molar-refractivity contribution in [3.05, 3.63) is 121 Å². The zero-order valence-electron chi connectivity index (χ0n) is 16.0. The van der Waals surface area contributed by atoms with Crippen molar-refractivity contribution < 1.29 is 16.8 Å². The minimum Gasteiger partial charge on any atom is -0.219 e. The SMILES string of the molecule is O=S(=O)(c1ccccc1)c1ccccc1.O=S(=O)(c1ccccc1)c1ccccc1. The third-order valence-electron chi connectivity index (χ3n) is 4.21. The first-order chi connectivity index (χ1) is 14.4. The molecular weight excluding hydrogens is 416 g/mol. The van der Waals surface area contributed by atoms with Crippen LogP contribution in [-0.4, -0.2) is 16.8 Å². The molecule has 30 heavy (non-hydrogen) atoms. The van der Waals surface area contributed by atoms with Gasteiger partial charge in [0, 0.05) is 0 Å². The van der Waals surface area contributed by atoms with Gasteiger partial charge in [-0.25, -0.2) is 16.8 Å². The van der Waals surface area contributed by atoms with Crippen LogP contribution in [0.1, 0.15) is 0 Å². The van der Waals surface area contributed by atoms with E-state index in [0.29, 0.717) is 19.6 Å². The average Bonchev–Trinajstić information content (AvgIpc) is 2.82. The Bertz CT molecular complexity index is 1070. The van der Waals surface area contributed by atoms with E-state index in [1.165, 1.54) is 0 Å². The molecule has 0 unspecified atom stereocenters. The number of benzene rings is 4. The van der Waals surface area contributed by atoms with E-state index in [4.69, 9.17) is 0 Å². The first-order valence-electron chi connectivity index (χ1n) is 9.13. The second-order valence-electron chi connectivity index (χ2n) is 6.26. The Hall–Kier alpha value is -3.22. The van der Waals surface area contributed by atoms with Crippen LogP contribution < -0.4 is 0 Å². The molecule has 4 rings (SSSR count). The van der Waals surface area contributed by atoms with E-state index >= 15 is 0 Å². The number of rotatable bonds is 4. The summed E-state index contributed by atoms with van der Waals surface area (Å²) >= 11 is 0. The fourth-order valence-electron chi connectivity index (χ4n) is 2.67. The predicted molar refractivity (Wildman–Crippen MR) is 117 cm³/mol. The van der Waals surface area contributed by atoms with Crippen LogP contribution in [0, 0.1) is 0 Å². The van der Waals surface area contributed by atoms with Gasteiger partial charge in [-0.2, -0.15) is 0 Å². The van der Waals surface area contributed by atoms with Crippen LogP contribution in [-0.2, 0) is 19.7 Å². The van der Waals surface area contributed by atoms with Crippen molar-refractivity contribution in [3.63, 3.8) is 0 Å².